The summed E-state index contributed by atoms with van der Waals surface area (Å²) in [6, 6.07) is 5.99. The van der Waals surface area contributed by atoms with Gasteiger partial charge >= 0.3 is 0 Å². The van der Waals surface area contributed by atoms with Crippen molar-refractivity contribution >= 4 is 46.2 Å². The zero-order chi connectivity index (χ0) is 17.6. The van der Waals surface area contributed by atoms with Crippen LogP contribution in [-0.4, -0.2) is 35.0 Å². The Morgan fingerprint density at radius 1 is 1.35 bits per heavy atom. The molecule has 140 valence electrons. The predicted molar refractivity (Wildman–Crippen MR) is 113 cm³/mol. The van der Waals surface area contributed by atoms with Gasteiger partial charge in [-0.2, -0.15) is 0 Å². The average Bonchev–Trinajstić information content (AvgIpc) is 3.18. The lowest BCUT2D eigenvalue weighted by atomic mass is 10.3. The molecule has 1 atom stereocenters. The lowest BCUT2D eigenvalue weighted by Gasteiger charge is -2.17. The molecule has 0 saturated carbocycles. The van der Waals surface area contributed by atoms with E-state index in [1.165, 1.54) is 12.1 Å². The molecule has 0 amide bonds. The van der Waals surface area contributed by atoms with E-state index >= 15 is 0 Å². The Balaban J connectivity index is 0.00000243. The summed E-state index contributed by atoms with van der Waals surface area (Å²) < 4.78 is 20.6. The van der Waals surface area contributed by atoms with E-state index < -0.39 is 0 Å². The van der Waals surface area contributed by atoms with Crippen molar-refractivity contribution in [2.45, 2.75) is 19.6 Å². The number of aliphatic imine (C=N–C) groups is 1. The first kappa shape index (κ1) is 20.4. The molecule has 2 N–H and O–H groups in total. The van der Waals surface area contributed by atoms with Gasteiger partial charge in [0, 0.05) is 24.8 Å². The van der Waals surface area contributed by atoms with E-state index in [0.717, 1.165) is 10.7 Å². The summed E-state index contributed by atoms with van der Waals surface area (Å²) in [7, 11) is 1.71. The van der Waals surface area contributed by atoms with Crippen molar-refractivity contribution in [1.29, 1.82) is 0 Å². The number of imidazole rings is 1. The van der Waals surface area contributed by atoms with Crippen molar-refractivity contribution in [3.05, 3.63) is 53.6 Å². The minimum Gasteiger partial charge on any atom is -0.489 e. The molecule has 0 saturated heterocycles. The molecule has 0 radical (unpaired) electrons. The van der Waals surface area contributed by atoms with Gasteiger partial charge in [-0.25, -0.2) is 9.37 Å². The molecule has 2 heterocycles. The van der Waals surface area contributed by atoms with Crippen molar-refractivity contribution in [1.82, 2.24) is 20.0 Å². The summed E-state index contributed by atoms with van der Waals surface area (Å²) >= 11 is 1.60. The standard InChI is InChI=1S/C17H20FN5OS.HI/c1-12(24-15-5-3-13(18)4-6-15)9-20-16(19-2)21-10-14-11-23-7-8-25-17(23)22-14;/h3-8,11-12H,9-10H2,1-2H3,(H2,19,20,21);1H. The molecular formula is C17H21FIN5OS. The molecule has 0 aliphatic carbocycles. The lowest BCUT2D eigenvalue weighted by molar-refractivity contribution is 0.223. The van der Waals surface area contributed by atoms with E-state index in [4.69, 9.17) is 4.74 Å². The van der Waals surface area contributed by atoms with Gasteiger partial charge in [-0.1, -0.05) is 0 Å². The summed E-state index contributed by atoms with van der Waals surface area (Å²) in [5.74, 6) is 1.03. The molecule has 0 bridgehead atoms. The lowest BCUT2D eigenvalue weighted by Crippen LogP contribution is -2.41. The van der Waals surface area contributed by atoms with Crippen molar-refractivity contribution in [2.24, 2.45) is 4.99 Å². The minimum absolute atomic E-state index is 0. The second-order valence-electron chi connectivity index (χ2n) is 5.51. The van der Waals surface area contributed by atoms with Crippen molar-refractivity contribution in [3.8, 4) is 5.75 Å². The number of guanidine groups is 1. The molecule has 9 heteroatoms. The molecule has 3 aromatic rings. The van der Waals surface area contributed by atoms with Crippen molar-refractivity contribution < 1.29 is 9.13 Å². The predicted octanol–water partition coefficient (Wildman–Crippen LogP) is 3.29. The zero-order valence-corrected chi connectivity index (χ0v) is 17.6. The molecular weight excluding hydrogens is 468 g/mol. The number of fused-ring (bicyclic) bond motifs is 1. The smallest absolute Gasteiger partial charge is 0.193 e. The van der Waals surface area contributed by atoms with Gasteiger partial charge in [-0.3, -0.25) is 9.39 Å². The third kappa shape index (κ3) is 5.56. The topological polar surface area (TPSA) is 63.0 Å². The van der Waals surface area contributed by atoms with E-state index in [1.807, 2.05) is 29.1 Å². The van der Waals surface area contributed by atoms with Gasteiger partial charge in [-0.15, -0.1) is 35.3 Å². The third-order valence-electron chi connectivity index (χ3n) is 3.51. The highest BCUT2D eigenvalue weighted by atomic mass is 127. The largest absolute Gasteiger partial charge is 0.489 e. The van der Waals surface area contributed by atoms with Gasteiger partial charge in [-0.05, 0) is 31.2 Å². The fourth-order valence-electron chi connectivity index (χ4n) is 2.28. The number of thiazole rings is 1. The number of rotatable bonds is 6. The Hall–Kier alpha value is -1.88. The highest BCUT2D eigenvalue weighted by Crippen LogP contribution is 2.13. The second kappa shape index (κ2) is 9.72. The number of halogens is 2. The Morgan fingerprint density at radius 2 is 2.12 bits per heavy atom. The zero-order valence-electron chi connectivity index (χ0n) is 14.5. The van der Waals surface area contributed by atoms with Gasteiger partial charge in [0.2, 0.25) is 0 Å². The third-order valence-corrected chi connectivity index (χ3v) is 4.28. The normalized spacial score (nSPS) is 12.5. The maximum Gasteiger partial charge on any atom is 0.193 e. The molecule has 1 aromatic carbocycles. The number of hydrogen-bond donors (Lipinski definition) is 2. The van der Waals surface area contributed by atoms with Crippen LogP contribution in [0, 0.1) is 5.82 Å². The maximum absolute atomic E-state index is 12.9. The second-order valence-corrected chi connectivity index (χ2v) is 6.39. The fraction of sp³-hybridized carbons (Fsp3) is 0.294. The Labute approximate surface area is 172 Å². The van der Waals surface area contributed by atoms with Crippen LogP contribution in [0.4, 0.5) is 4.39 Å². The monoisotopic (exact) mass is 489 g/mol. The molecule has 1 unspecified atom stereocenters. The van der Waals surface area contributed by atoms with Crippen LogP contribution >= 0.6 is 35.3 Å². The van der Waals surface area contributed by atoms with Crippen LogP contribution in [0.3, 0.4) is 0 Å². The molecule has 0 spiro atoms. The summed E-state index contributed by atoms with van der Waals surface area (Å²) in [4.78, 5) is 9.68. The summed E-state index contributed by atoms with van der Waals surface area (Å²) in [6.07, 6.45) is 3.88. The van der Waals surface area contributed by atoms with E-state index in [0.29, 0.717) is 24.8 Å². The van der Waals surface area contributed by atoms with Crippen LogP contribution in [0.5, 0.6) is 5.75 Å². The SMILES string of the molecule is CN=C(NCc1cn2ccsc2n1)NCC(C)Oc1ccc(F)cc1.I. The molecule has 2 aromatic heterocycles. The average molecular weight is 489 g/mol. The molecule has 26 heavy (non-hydrogen) atoms. The first-order valence-electron chi connectivity index (χ1n) is 7.92. The van der Waals surface area contributed by atoms with Crippen LogP contribution < -0.4 is 15.4 Å². The van der Waals surface area contributed by atoms with Crippen LogP contribution in [0.15, 0.2) is 47.0 Å². The van der Waals surface area contributed by atoms with E-state index in [9.17, 15) is 4.39 Å². The van der Waals surface area contributed by atoms with Crippen LogP contribution in [-0.2, 0) is 6.54 Å². The Bertz CT molecular complexity index is 820. The van der Waals surface area contributed by atoms with E-state index in [2.05, 4.69) is 20.6 Å². The summed E-state index contributed by atoms with van der Waals surface area (Å²) in [5, 5.41) is 8.43. The molecule has 6 nitrogen and oxygen atoms in total. The van der Waals surface area contributed by atoms with Crippen molar-refractivity contribution in [3.63, 3.8) is 0 Å². The number of nitrogens with one attached hydrogen (secondary N) is 2. The summed E-state index contributed by atoms with van der Waals surface area (Å²) in [6.45, 7) is 3.09. The van der Waals surface area contributed by atoms with Gasteiger partial charge < -0.3 is 15.4 Å². The van der Waals surface area contributed by atoms with Gasteiger partial charge in [0.1, 0.15) is 17.7 Å². The Morgan fingerprint density at radius 3 is 2.81 bits per heavy atom. The summed E-state index contributed by atoms with van der Waals surface area (Å²) in [5.41, 5.74) is 0.949. The van der Waals surface area contributed by atoms with Crippen molar-refractivity contribution in [2.75, 3.05) is 13.6 Å². The molecule has 3 rings (SSSR count). The van der Waals surface area contributed by atoms with Gasteiger partial charge in [0.25, 0.3) is 0 Å². The highest BCUT2D eigenvalue weighted by Gasteiger charge is 2.07. The quantitative estimate of drug-likeness (QED) is 0.317. The van der Waals surface area contributed by atoms with E-state index in [1.54, 1.807) is 30.5 Å². The number of aromatic nitrogens is 2. The number of ether oxygens (including phenoxy) is 1. The number of hydrogen-bond acceptors (Lipinski definition) is 4. The first-order valence-corrected chi connectivity index (χ1v) is 8.80. The fourth-order valence-corrected chi connectivity index (χ4v) is 3.00. The highest BCUT2D eigenvalue weighted by molar-refractivity contribution is 14.0. The number of benzene rings is 1. The molecule has 0 fully saturated rings. The first-order chi connectivity index (χ1) is 12.1. The van der Waals surface area contributed by atoms with Crippen LogP contribution in [0.1, 0.15) is 12.6 Å². The Kier molecular flexibility index (Phi) is 7.64. The maximum atomic E-state index is 12.9. The van der Waals surface area contributed by atoms with E-state index in [-0.39, 0.29) is 35.9 Å². The van der Waals surface area contributed by atoms with Gasteiger partial charge in [0.05, 0.1) is 18.8 Å². The molecule has 0 aliphatic heterocycles. The minimum atomic E-state index is -0.276. The molecule has 0 aliphatic rings. The number of nitrogens with zero attached hydrogens (tertiary/aromatic N) is 3. The van der Waals surface area contributed by atoms with Crippen LogP contribution in [0.2, 0.25) is 0 Å². The van der Waals surface area contributed by atoms with Gasteiger partial charge in [0.15, 0.2) is 10.9 Å². The van der Waals surface area contributed by atoms with Crippen LogP contribution in [0.25, 0.3) is 4.96 Å².